The predicted molar refractivity (Wildman–Crippen MR) is 140 cm³/mol. The van der Waals surface area contributed by atoms with E-state index in [1.807, 2.05) is 0 Å². The van der Waals surface area contributed by atoms with E-state index in [1.165, 1.54) is 18.2 Å². The molecule has 9 heteroatoms. The standard InChI is InChI=1S/C32H29F9/c1-2-3-25(33)31(38)22-11-13-24(27(35)17-22)21-10-12-23(26(34)16-21)20-8-6-18(7-9-20)4-5-19-14-28(36)30(29(37)15-19)32(39,40)41/h10-18,20H,2-9H2,1H3. The highest BCUT2D eigenvalue weighted by Gasteiger charge is 2.38. The fourth-order valence-corrected chi connectivity index (χ4v) is 5.57. The molecule has 1 aliphatic carbocycles. The fraction of sp³-hybridized carbons (Fsp3) is 0.375. The third-order valence-corrected chi connectivity index (χ3v) is 7.75. The van der Waals surface area contributed by atoms with E-state index < -0.39 is 46.7 Å². The first kappa shape index (κ1) is 30.7. The van der Waals surface area contributed by atoms with Crippen LogP contribution in [0.1, 0.15) is 80.0 Å². The molecule has 0 aromatic heterocycles. The number of allylic oxidation sites excluding steroid dienone is 1. The topological polar surface area (TPSA) is 0 Å². The Bertz CT molecular complexity index is 1390. The summed E-state index contributed by atoms with van der Waals surface area (Å²) in [5.41, 5.74) is -1.16. The van der Waals surface area contributed by atoms with Gasteiger partial charge in [-0.25, -0.2) is 26.3 Å². The summed E-state index contributed by atoms with van der Waals surface area (Å²) in [6.45, 7) is 1.69. The van der Waals surface area contributed by atoms with Gasteiger partial charge in [-0.15, -0.1) is 0 Å². The predicted octanol–water partition coefficient (Wildman–Crippen LogP) is 11.2. The summed E-state index contributed by atoms with van der Waals surface area (Å²) in [6, 6.07) is 9.28. The molecule has 1 saturated carbocycles. The first-order valence-electron chi connectivity index (χ1n) is 13.6. The number of benzene rings is 3. The van der Waals surface area contributed by atoms with Crippen molar-refractivity contribution in [3.05, 3.63) is 99.9 Å². The molecule has 220 valence electrons. The SMILES string of the molecule is CCCC(F)=C(F)c1ccc(-c2ccc(C3CCC(CCc4cc(F)c(C(F)(F)F)c(F)c4)CC3)c(F)c2)c(F)c1. The summed E-state index contributed by atoms with van der Waals surface area (Å²) in [5, 5.41) is 0. The molecular weight excluding hydrogens is 555 g/mol. The van der Waals surface area contributed by atoms with Gasteiger partial charge in [0.25, 0.3) is 0 Å². The lowest BCUT2D eigenvalue weighted by Gasteiger charge is -2.29. The second-order valence-electron chi connectivity index (χ2n) is 10.6. The highest BCUT2D eigenvalue weighted by molar-refractivity contribution is 5.69. The maximum atomic E-state index is 15.1. The van der Waals surface area contributed by atoms with Crippen LogP contribution in [0.2, 0.25) is 0 Å². The van der Waals surface area contributed by atoms with Crippen molar-refractivity contribution in [1.82, 2.24) is 0 Å². The van der Waals surface area contributed by atoms with Gasteiger partial charge in [0.15, 0.2) is 5.83 Å². The summed E-state index contributed by atoms with van der Waals surface area (Å²) in [7, 11) is 0. The van der Waals surface area contributed by atoms with Crippen molar-refractivity contribution < 1.29 is 39.5 Å². The van der Waals surface area contributed by atoms with Crippen molar-refractivity contribution in [2.24, 2.45) is 5.92 Å². The molecule has 1 fully saturated rings. The van der Waals surface area contributed by atoms with Gasteiger partial charge in [-0.05, 0) is 97.7 Å². The summed E-state index contributed by atoms with van der Waals surface area (Å²) in [4.78, 5) is 0. The van der Waals surface area contributed by atoms with Crippen molar-refractivity contribution in [2.45, 2.75) is 70.4 Å². The highest BCUT2D eigenvalue weighted by Crippen LogP contribution is 2.40. The second-order valence-corrected chi connectivity index (χ2v) is 10.6. The molecule has 0 spiro atoms. The lowest BCUT2D eigenvalue weighted by Crippen LogP contribution is -2.15. The Balaban J connectivity index is 1.38. The number of rotatable bonds is 8. The number of hydrogen-bond acceptors (Lipinski definition) is 0. The van der Waals surface area contributed by atoms with Crippen LogP contribution in [0, 0.1) is 29.2 Å². The van der Waals surface area contributed by atoms with E-state index in [9.17, 15) is 35.1 Å². The molecule has 0 N–H and O–H groups in total. The first-order valence-corrected chi connectivity index (χ1v) is 13.6. The van der Waals surface area contributed by atoms with Gasteiger partial charge in [0.2, 0.25) is 0 Å². The molecule has 0 nitrogen and oxygen atoms in total. The second kappa shape index (κ2) is 12.7. The number of halogens is 9. The van der Waals surface area contributed by atoms with Crippen molar-refractivity contribution in [3.8, 4) is 11.1 Å². The van der Waals surface area contributed by atoms with E-state index in [0.29, 0.717) is 44.1 Å². The summed E-state index contributed by atoms with van der Waals surface area (Å²) < 4.78 is 124. The van der Waals surface area contributed by atoms with Crippen LogP contribution in [0.3, 0.4) is 0 Å². The zero-order valence-corrected chi connectivity index (χ0v) is 22.3. The van der Waals surface area contributed by atoms with Gasteiger partial charge in [-0.2, -0.15) is 13.2 Å². The third-order valence-electron chi connectivity index (χ3n) is 7.75. The smallest absolute Gasteiger partial charge is 0.209 e. The van der Waals surface area contributed by atoms with Crippen molar-refractivity contribution in [3.63, 3.8) is 0 Å². The van der Waals surface area contributed by atoms with Crippen molar-refractivity contribution in [1.29, 1.82) is 0 Å². The Hall–Kier alpha value is -3.23. The molecule has 0 heterocycles. The molecule has 0 unspecified atom stereocenters. The van der Waals surface area contributed by atoms with E-state index >= 15 is 4.39 Å². The van der Waals surface area contributed by atoms with Crippen LogP contribution in [0.25, 0.3) is 17.0 Å². The summed E-state index contributed by atoms with van der Waals surface area (Å²) in [5.74, 6) is -6.56. The zero-order valence-electron chi connectivity index (χ0n) is 22.3. The first-order chi connectivity index (χ1) is 19.4. The lowest BCUT2D eigenvalue weighted by molar-refractivity contribution is -0.142. The van der Waals surface area contributed by atoms with E-state index in [0.717, 1.165) is 18.2 Å². The van der Waals surface area contributed by atoms with E-state index in [4.69, 9.17) is 0 Å². The molecule has 0 aliphatic heterocycles. The Morgan fingerprint density at radius 2 is 1.44 bits per heavy atom. The Morgan fingerprint density at radius 3 is 2.00 bits per heavy atom. The van der Waals surface area contributed by atoms with E-state index in [1.54, 1.807) is 19.1 Å². The van der Waals surface area contributed by atoms with Crippen LogP contribution >= 0.6 is 0 Å². The van der Waals surface area contributed by atoms with Gasteiger partial charge in [0, 0.05) is 17.5 Å². The maximum Gasteiger partial charge on any atom is 0.422 e. The van der Waals surface area contributed by atoms with Crippen LogP contribution in [0.15, 0.2) is 54.4 Å². The van der Waals surface area contributed by atoms with E-state index in [-0.39, 0.29) is 46.9 Å². The van der Waals surface area contributed by atoms with Crippen molar-refractivity contribution >= 4 is 5.83 Å². The van der Waals surface area contributed by atoms with Gasteiger partial charge in [-0.1, -0.05) is 31.2 Å². The molecule has 0 bridgehead atoms. The molecule has 41 heavy (non-hydrogen) atoms. The molecule has 1 aliphatic rings. The number of alkyl halides is 3. The average Bonchev–Trinajstić information content (AvgIpc) is 2.90. The fourth-order valence-electron chi connectivity index (χ4n) is 5.57. The minimum atomic E-state index is -5.11. The normalized spacial score (nSPS) is 18.4. The van der Waals surface area contributed by atoms with Gasteiger partial charge in [-0.3, -0.25) is 0 Å². The van der Waals surface area contributed by atoms with Crippen molar-refractivity contribution in [2.75, 3.05) is 0 Å². The lowest BCUT2D eigenvalue weighted by atomic mass is 9.76. The largest absolute Gasteiger partial charge is 0.422 e. The molecule has 0 radical (unpaired) electrons. The summed E-state index contributed by atoms with van der Waals surface area (Å²) >= 11 is 0. The monoisotopic (exact) mass is 584 g/mol. The molecule has 0 amide bonds. The highest BCUT2D eigenvalue weighted by atomic mass is 19.4. The summed E-state index contributed by atoms with van der Waals surface area (Å²) in [6.07, 6.45) is -1.33. The average molecular weight is 585 g/mol. The third kappa shape index (κ3) is 7.16. The van der Waals surface area contributed by atoms with E-state index in [2.05, 4.69) is 0 Å². The molecule has 3 aromatic carbocycles. The van der Waals surface area contributed by atoms with Gasteiger partial charge in [0.05, 0.1) is 0 Å². The van der Waals surface area contributed by atoms with Crippen LogP contribution in [0.5, 0.6) is 0 Å². The Labute approximate surface area is 232 Å². The van der Waals surface area contributed by atoms with Gasteiger partial charge in [0.1, 0.15) is 34.7 Å². The minimum Gasteiger partial charge on any atom is -0.209 e. The van der Waals surface area contributed by atoms with Crippen LogP contribution in [-0.2, 0) is 12.6 Å². The number of hydrogen-bond donors (Lipinski definition) is 0. The quantitative estimate of drug-likeness (QED) is 0.231. The maximum absolute atomic E-state index is 15.1. The van der Waals surface area contributed by atoms with Gasteiger partial charge >= 0.3 is 6.18 Å². The molecular formula is C32H29F9. The molecule has 0 atom stereocenters. The van der Waals surface area contributed by atoms with Gasteiger partial charge < -0.3 is 0 Å². The Kier molecular flexibility index (Phi) is 9.55. The van der Waals surface area contributed by atoms with Crippen LogP contribution < -0.4 is 0 Å². The minimum absolute atomic E-state index is 0.0581. The zero-order chi connectivity index (χ0) is 29.9. The molecule has 4 rings (SSSR count). The van der Waals surface area contributed by atoms with Crippen LogP contribution in [0.4, 0.5) is 39.5 Å². The Morgan fingerprint density at radius 1 is 0.780 bits per heavy atom. The number of aryl methyl sites for hydroxylation is 1. The van der Waals surface area contributed by atoms with Crippen LogP contribution in [-0.4, -0.2) is 0 Å². The molecule has 0 saturated heterocycles. The molecule has 3 aromatic rings.